The molecule has 154 valence electrons. The summed E-state index contributed by atoms with van der Waals surface area (Å²) in [7, 11) is 0. The molecule has 0 radical (unpaired) electrons. The van der Waals surface area contributed by atoms with Gasteiger partial charge in [0, 0.05) is 22.5 Å². The van der Waals surface area contributed by atoms with E-state index < -0.39 is 24.0 Å². The predicted molar refractivity (Wildman–Crippen MR) is 114 cm³/mol. The topological polar surface area (TPSA) is 75.7 Å². The van der Waals surface area contributed by atoms with Gasteiger partial charge in [-0.05, 0) is 62.4 Å². The van der Waals surface area contributed by atoms with Crippen molar-refractivity contribution < 1.29 is 19.1 Å². The van der Waals surface area contributed by atoms with Gasteiger partial charge in [-0.1, -0.05) is 30.8 Å². The lowest BCUT2D eigenvalue weighted by Crippen LogP contribution is -2.42. The first-order valence-electron chi connectivity index (χ1n) is 10.1. The quantitative estimate of drug-likeness (QED) is 0.773. The minimum atomic E-state index is -0.999. The summed E-state index contributed by atoms with van der Waals surface area (Å²) < 4.78 is 5.36. The number of rotatable bonds is 5. The fourth-order valence-corrected chi connectivity index (χ4v) is 4.04. The summed E-state index contributed by atoms with van der Waals surface area (Å²) in [5.74, 6) is -1.37. The number of anilines is 1. The molecule has 2 aliphatic rings. The van der Waals surface area contributed by atoms with Crippen LogP contribution < -0.4 is 5.32 Å². The maximum Gasteiger partial charge on any atom is 0.329 e. The molecule has 2 aromatic rings. The third-order valence-corrected chi connectivity index (χ3v) is 5.73. The van der Waals surface area contributed by atoms with Crippen LogP contribution in [0.2, 0.25) is 0 Å². The molecule has 1 heterocycles. The molecule has 2 atom stereocenters. The lowest BCUT2D eigenvalue weighted by molar-refractivity contribution is -0.156. The van der Waals surface area contributed by atoms with Crippen molar-refractivity contribution in [2.24, 2.45) is 0 Å². The molecule has 1 N–H and O–H groups in total. The Balaban J connectivity index is 1.39. The number of hydrogen-bond donors (Lipinski definition) is 1. The second-order valence-corrected chi connectivity index (χ2v) is 7.75. The summed E-state index contributed by atoms with van der Waals surface area (Å²) in [5.41, 5.74) is 4.91. The van der Waals surface area contributed by atoms with Crippen LogP contribution in [0.1, 0.15) is 47.3 Å². The van der Waals surface area contributed by atoms with Crippen molar-refractivity contribution in [2.75, 3.05) is 5.32 Å². The Morgan fingerprint density at radius 2 is 1.77 bits per heavy atom. The molecule has 2 aromatic carbocycles. The molecule has 0 aromatic heterocycles. The summed E-state index contributed by atoms with van der Waals surface area (Å²) in [6.07, 6.45) is 2.21. The van der Waals surface area contributed by atoms with Gasteiger partial charge in [0.1, 0.15) is 6.04 Å². The first kappa shape index (κ1) is 19.9. The maximum atomic E-state index is 12.7. The van der Waals surface area contributed by atoms with Crippen molar-refractivity contribution in [3.05, 3.63) is 71.3 Å². The second kappa shape index (κ2) is 7.78. The third-order valence-electron chi connectivity index (χ3n) is 5.73. The minimum absolute atomic E-state index is 0.296. The van der Waals surface area contributed by atoms with Gasteiger partial charge in [0.15, 0.2) is 6.10 Å². The summed E-state index contributed by atoms with van der Waals surface area (Å²) in [6, 6.07) is 12.0. The number of fused-ring (bicyclic) bond motifs is 2. The Kier molecular flexibility index (Phi) is 5.16. The maximum absolute atomic E-state index is 12.7. The number of carbonyl (C=O) groups excluding carboxylic acids is 3. The molecule has 1 aliphatic carbocycles. The van der Waals surface area contributed by atoms with Crippen molar-refractivity contribution in [3.8, 4) is 0 Å². The standard InChI is InChI=1S/C24H24N2O4/c1-14-20-9-4-5-10-21(20)23(28)26(14)15(2)24(29)30-16(3)22(27)25-19-12-11-17-7-6-8-18(17)13-19/h4-5,9-13,15-16H,1,6-8H2,2-3H3,(H,25,27). The molecule has 0 bridgehead atoms. The summed E-state index contributed by atoms with van der Waals surface area (Å²) in [4.78, 5) is 39.2. The van der Waals surface area contributed by atoms with E-state index in [2.05, 4.69) is 11.9 Å². The van der Waals surface area contributed by atoms with Gasteiger partial charge in [0.25, 0.3) is 11.8 Å². The zero-order chi connectivity index (χ0) is 21.4. The number of nitrogens with one attached hydrogen (secondary N) is 1. The third kappa shape index (κ3) is 3.49. The van der Waals surface area contributed by atoms with Crippen LogP contribution in [0.15, 0.2) is 49.0 Å². The molecule has 0 fully saturated rings. The van der Waals surface area contributed by atoms with Crippen LogP contribution in [0.4, 0.5) is 5.69 Å². The van der Waals surface area contributed by atoms with Gasteiger partial charge in [-0.25, -0.2) is 4.79 Å². The number of amides is 2. The molecule has 0 spiro atoms. The SMILES string of the molecule is C=C1c2ccccc2C(=O)N1C(C)C(=O)OC(C)C(=O)Nc1ccc2c(c1)CCC2. The lowest BCUT2D eigenvalue weighted by Gasteiger charge is -2.25. The van der Waals surface area contributed by atoms with Crippen molar-refractivity contribution in [1.82, 2.24) is 4.90 Å². The monoisotopic (exact) mass is 404 g/mol. The van der Waals surface area contributed by atoms with Gasteiger partial charge < -0.3 is 10.1 Å². The highest BCUT2D eigenvalue weighted by Crippen LogP contribution is 2.33. The second-order valence-electron chi connectivity index (χ2n) is 7.75. The summed E-state index contributed by atoms with van der Waals surface area (Å²) in [5, 5.41) is 2.80. The van der Waals surface area contributed by atoms with E-state index in [-0.39, 0.29) is 5.91 Å². The molecule has 2 unspecified atom stereocenters. The minimum Gasteiger partial charge on any atom is -0.451 e. The van der Waals surface area contributed by atoms with Gasteiger partial charge in [-0.2, -0.15) is 0 Å². The van der Waals surface area contributed by atoms with Crippen LogP contribution in [0.25, 0.3) is 5.70 Å². The van der Waals surface area contributed by atoms with E-state index in [1.54, 1.807) is 25.1 Å². The molecular weight excluding hydrogens is 380 g/mol. The number of esters is 1. The summed E-state index contributed by atoms with van der Waals surface area (Å²) in [6.45, 7) is 7.04. The van der Waals surface area contributed by atoms with Crippen LogP contribution in [-0.4, -0.2) is 34.8 Å². The van der Waals surface area contributed by atoms with Gasteiger partial charge in [0.2, 0.25) is 0 Å². The zero-order valence-electron chi connectivity index (χ0n) is 17.1. The van der Waals surface area contributed by atoms with Crippen molar-refractivity contribution in [3.63, 3.8) is 0 Å². The van der Waals surface area contributed by atoms with E-state index in [9.17, 15) is 14.4 Å². The molecule has 2 amide bonds. The molecular formula is C24H24N2O4. The zero-order valence-corrected chi connectivity index (χ0v) is 17.1. The number of hydrogen-bond acceptors (Lipinski definition) is 4. The van der Waals surface area contributed by atoms with E-state index in [1.165, 1.54) is 23.0 Å². The van der Waals surface area contributed by atoms with Gasteiger partial charge in [-0.3, -0.25) is 14.5 Å². The molecule has 4 rings (SSSR count). The first-order chi connectivity index (χ1) is 14.4. The van der Waals surface area contributed by atoms with E-state index in [0.717, 1.165) is 19.3 Å². The average Bonchev–Trinajstić information content (AvgIpc) is 3.30. The molecule has 1 aliphatic heterocycles. The van der Waals surface area contributed by atoms with Crippen LogP contribution >= 0.6 is 0 Å². The normalized spacial score (nSPS) is 16.7. The lowest BCUT2D eigenvalue weighted by atomic mass is 10.1. The fourth-order valence-electron chi connectivity index (χ4n) is 4.04. The molecule has 0 saturated carbocycles. The van der Waals surface area contributed by atoms with Crippen molar-refractivity contribution in [1.29, 1.82) is 0 Å². The Hall–Kier alpha value is -3.41. The Labute approximate surface area is 175 Å². The van der Waals surface area contributed by atoms with E-state index in [0.29, 0.717) is 22.5 Å². The molecule has 30 heavy (non-hydrogen) atoms. The van der Waals surface area contributed by atoms with Gasteiger partial charge in [-0.15, -0.1) is 0 Å². The highest BCUT2D eigenvalue weighted by Gasteiger charge is 2.38. The smallest absolute Gasteiger partial charge is 0.329 e. The van der Waals surface area contributed by atoms with Crippen LogP contribution in [0.5, 0.6) is 0 Å². The molecule has 0 saturated heterocycles. The highest BCUT2D eigenvalue weighted by atomic mass is 16.5. The van der Waals surface area contributed by atoms with Gasteiger partial charge >= 0.3 is 5.97 Å². The first-order valence-corrected chi connectivity index (χ1v) is 10.1. The average molecular weight is 404 g/mol. The largest absolute Gasteiger partial charge is 0.451 e. The number of ether oxygens (including phenoxy) is 1. The molecule has 6 heteroatoms. The van der Waals surface area contributed by atoms with Crippen molar-refractivity contribution in [2.45, 2.75) is 45.3 Å². The van der Waals surface area contributed by atoms with E-state index in [1.807, 2.05) is 24.3 Å². The Morgan fingerprint density at radius 3 is 2.50 bits per heavy atom. The van der Waals surface area contributed by atoms with Crippen LogP contribution in [0, 0.1) is 0 Å². The number of benzene rings is 2. The van der Waals surface area contributed by atoms with Crippen molar-refractivity contribution >= 4 is 29.2 Å². The Bertz CT molecular complexity index is 1020. The number of carbonyl (C=O) groups is 3. The molecule has 6 nitrogen and oxygen atoms in total. The Morgan fingerprint density at radius 1 is 1.07 bits per heavy atom. The van der Waals surface area contributed by atoms with Gasteiger partial charge in [0.05, 0.1) is 0 Å². The van der Waals surface area contributed by atoms with E-state index in [4.69, 9.17) is 4.74 Å². The van der Waals surface area contributed by atoms with E-state index >= 15 is 0 Å². The fraction of sp³-hybridized carbons (Fsp3) is 0.292. The number of aryl methyl sites for hydroxylation is 2. The van der Waals surface area contributed by atoms with Crippen LogP contribution in [-0.2, 0) is 27.2 Å². The van der Waals surface area contributed by atoms with Crippen LogP contribution in [0.3, 0.4) is 0 Å². The predicted octanol–water partition coefficient (Wildman–Crippen LogP) is 3.56. The summed E-state index contributed by atoms with van der Waals surface area (Å²) >= 11 is 0. The number of nitrogens with zero attached hydrogens (tertiary/aromatic N) is 1. The highest BCUT2D eigenvalue weighted by molar-refractivity contribution is 6.10.